The maximum Gasteiger partial charge on any atom is 0.0408 e. The van der Waals surface area contributed by atoms with E-state index in [0.29, 0.717) is 4.83 Å². The van der Waals surface area contributed by atoms with Crippen molar-refractivity contribution in [2.75, 3.05) is 0 Å². The van der Waals surface area contributed by atoms with E-state index in [0.717, 1.165) is 5.02 Å². The molecule has 0 aliphatic rings. The highest BCUT2D eigenvalue weighted by molar-refractivity contribution is 9.09. The summed E-state index contributed by atoms with van der Waals surface area (Å²) in [6.45, 7) is 4.30. The zero-order valence-corrected chi connectivity index (χ0v) is 10.3. The van der Waals surface area contributed by atoms with Gasteiger partial charge in [0.25, 0.3) is 0 Å². The van der Waals surface area contributed by atoms with Crippen molar-refractivity contribution in [3.05, 3.63) is 34.3 Å². The number of aryl methyl sites for hydroxylation is 1. The van der Waals surface area contributed by atoms with Crippen LogP contribution in [-0.4, -0.2) is 0 Å². The standard InChI is InChI=1S/C11H14BrCl/c1-3-4-11(12)10-6-5-9(13)7-8(10)2/h5-7,11H,3-4H2,1-2H3. The fourth-order valence-electron chi connectivity index (χ4n) is 1.40. The van der Waals surface area contributed by atoms with Crippen LogP contribution in [0.2, 0.25) is 5.02 Å². The van der Waals surface area contributed by atoms with Crippen LogP contribution in [0, 0.1) is 6.92 Å². The summed E-state index contributed by atoms with van der Waals surface area (Å²) >= 11 is 9.56. The number of rotatable bonds is 3. The minimum atomic E-state index is 0.467. The Hall–Kier alpha value is -0.0100. The number of hydrogen-bond donors (Lipinski definition) is 0. The first kappa shape index (κ1) is 11.1. The first-order chi connectivity index (χ1) is 6.15. The molecule has 1 aromatic carbocycles. The van der Waals surface area contributed by atoms with Crippen LogP contribution in [0.3, 0.4) is 0 Å². The van der Waals surface area contributed by atoms with Gasteiger partial charge in [0.1, 0.15) is 0 Å². The van der Waals surface area contributed by atoms with E-state index in [4.69, 9.17) is 11.6 Å². The van der Waals surface area contributed by atoms with Gasteiger partial charge in [0.2, 0.25) is 0 Å². The molecule has 0 bridgehead atoms. The first-order valence-electron chi connectivity index (χ1n) is 4.55. The Morgan fingerprint density at radius 3 is 2.69 bits per heavy atom. The molecule has 0 nitrogen and oxygen atoms in total. The van der Waals surface area contributed by atoms with Crippen LogP contribution >= 0.6 is 27.5 Å². The molecule has 1 aromatic rings. The molecule has 0 aliphatic carbocycles. The Morgan fingerprint density at radius 1 is 1.46 bits per heavy atom. The van der Waals surface area contributed by atoms with E-state index in [-0.39, 0.29) is 0 Å². The normalized spacial score (nSPS) is 12.9. The molecule has 13 heavy (non-hydrogen) atoms. The average Bonchev–Trinajstić information content (AvgIpc) is 2.04. The van der Waals surface area contributed by atoms with Gasteiger partial charge in [-0.1, -0.05) is 46.9 Å². The van der Waals surface area contributed by atoms with Gasteiger partial charge in [-0.2, -0.15) is 0 Å². The van der Waals surface area contributed by atoms with Crippen molar-refractivity contribution < 1.29 is 0 Å². The molecule has 0 radical (unpaired) electrons. The van der Waals surface area contributed by atoms with Gasteiger partial charge in [-0.05, 0) is 36.6 Å². The molecule has 72 valence electrons. The molecule has 0 fully saturated rings. The lowest BCUT2D eigenvalue weighted by Gasteiger charge is -2.11. The molecule has 1 atom stereocenters. The highest BCUT2D eigenvalue weighted by Gasteiger charge is 2.08. The summed E-state index contributed by atoms with van der Waals surface area (Å²) in [5, 5.41) is 0.817. The second-order valence-electron chi connectivity index (χ2n) is 3.26. The van der Waals surface area contributed by atoms with E-state index in [9.17, 15) is 0 Å². The van der Waals surface area contributed by atoms with Gasteiger partial charge in [0.05, 0.1) is 0 Å². The molecule has 0 N–H and O–H groups in total. The summed E-state index contributed by atoms with van der Waals surface area (Å²) < 4.78 is 0. The lowest BCUT2D eigenvalue weighted by Crippen LogP contribution is -1.92. The number of halogens is 2. The minimum Gasteiger partial charge on any atom is -0.0843 e. The third kappa shape index (κ3) is 2.99. The molecule has 0 heterocycles. The maximum atomic E-state index is 5.88. The zero-order valence-electron chi connectivity index (χ0n) is 7.98. The smallest absolute Gasteiger partial charge is 0.0408 e. The summed E-state index contributed by atoms with van der Waals surface area (Å²) in [5.41, 5.74) is 2.62. The Kier molecular flexibility index (Phi) is 4.27. The van der Waals surface area contributed by atoms with Crippen LogP contribution in [0.4, 0.5) is 0 Å². The highest BCUT2D eigenvalue weighted by Crippen LogP contribution is 2.31. The van der Waals surface area contributed by atoms with Gasteiger partial charge in [-0.25, -0.2) is 0 Å². The van der Waals surface area contributed by atoms with Gasteiger partial charge in [-0.3, -0.25) is 0 Å². The summed E-state index contributed by atoms with van der Waals surface area (Å²) in [4.78, 5) is 0.467. The van der Waals surface area contributed by atoms with Crippen molar-refractivity contribution in [1.29, 1.82) is 0 Å². The molecule has 0 aromatic heterocycles. The average molecular weight is 262 g/mol. The molecule has 0 aliphatic heterocycles. The fraction of sp³-hybridized carbons (Fsp3) is 0.455. The maximum absolute atomic E-state index is 5.88. The van der Waals surface area contributed by atoms with Crippen molar-refractivity contribution >= 4 is 27.5 Å². The molecule has 0 saturated carbocycles. The van der Waals surface area contributed by atoms with Crippen LogP contribution in [0.15, 0.2) is 18.2 Å². The third-order valence-electron chi connectivity index (χ3n) is 2.11. The minimum absolute atomic E-state index is 0.467. The van der Waals surface area contributed by atoms with Crippen LogP contribution in [-0.2, 0) is 0 Å². The zero-order chi connectivity index (χ0) is 9.84. The molecule has 1 rings (SSSR count). The summed E-state index contributed by atoms with van der Waals surface area (Å²) in [5.74, 6) is 0. The largest absolute Gasteiger partial charge is 0.0843 e. The second kappa shape index (κ2) is 5.02. The Labute approximate surface area is 93.4 Å². The molecule has 0 amide bonds. The molecule has 1 unspecified atom stereocenters. The molecule has 0 saturated heterocycles. The van der Waals surface area contributed by atoms with E-state index in [1.807, 2.05) is 12.1 Å². The van der Waals surface area contributed by atoms with Crippen molar-refractivity contribution in [2.24, 2.45) is 0 Å². The molecule has 2 heteroatoms. The van der Waals surface area contributed by atoms with E-state index in [2.05, 4.69) is 35.8 Å². The van der Waals surface area contributed by atoms with Gasteiger partial charge in [0, 0.05) is 9.85 Å². The Balaban J connectivity index is 2.88. The van der Waals surface area contributed by atoms with Crippen molar-refractivity contribution in [3.8, 4) is 0 Å². The van der Waals surface area contributed by atoms with Gasteiger partial charge < -0.3 is 0 Å². The Morgan fingerprint density at radius 2 is 2.15 bits per heavy atom. The van der Waals surface area contributed by atoms with Crippen LogP contribution in [0.25, 0.3) is 0 Å². The Bertz CT molecular complexity index is 283. The van der Waals surface area contributed by atoms with Gasteiger partial charge in [0.15, 0.2) is 0 Å². The van der Waals surface area contributed by atoms with Gasteiger partial charge >= 0.3 is 0 Å². The van der Waals surface area contributed by atoms with E-state index in [1.54, 1.807) is 0 Å². The van der Waals surface area contributed by atoms with E-state index < -0.39 is 0 Å². The molecule has 0 spiro atoms. The number of benzene rings is 1. The first-order valence-corrected chi connectivity index (χ1v) is 5.84. The number of hydrogen-bond acceptors (Lipinski definition) is 0. The van der Waals surface area contributed by atoms with Crippen LogP contribution in [0.1, 0.15) is 35.7 Å². The second-order valence-corrected chi connectivity index (χ2v) is 4.80. The van der Waals surface area contributed by atoms with E-state index >= 15 is 0 Å². The summed E-state index contributed by atoms with van der Waals surface area (Å²) in [6.07, 6.45) is 2.36. The lowest BCUT2D eigenvalue weighted by molar-refractivity contribution is 0.785. The monoisotopic (exact) mass is 260 g/mol. The topological polar surface area (TPSA) is 0 Å². The van der Waals surface area contributed by atoms with E-state index in [1.165, 1.54) is 24.0 Å². The predicted molar refractivity (Wildman–Crippen MR) is 62.8 cm³/mol. The SMILES string of the molecule is CCCC(Br)c1ccc(Cl)cc1C. The van der Waals surface area contributed by atoms with Crippen LogP contribution in [0.5, 0.6) is 0 Å². The van der Waals surface area contributed by atoms with Crippen LogP contribution < -0.4 is 0 Å². The van der Waals surface area contributed by atoms with Crippen molar-refractivity contribution in [1.82, 2.24) is 0 Å². The van der Waals surface area contributed by atoms with Gasteiger partial charge in [-0.15, -0.1) is 0 Å². The third-order valence-corrected chi connectivity index (χ3v) is 3.30. The van der Waals surface area contributed by atoms with Crippen molar-refractivity contribution in [2.45, 2.75) is 31.5 Å². The summed E-state index contributed by atoms with van der Waals surface area (Å²) in [6, 6.07) is 6.07. The number of alkyl halides is 1. The molecular formula is C11H14BrCl. The molecular weight excluding hydrogens is 247 g/mol. The quantitative estimate of drug-likeness (QED) is 0.680. The lowest BCUT2D eigenvalue weighted by atomic mass is 10.0. The fourth-order valence-corrected chi connectivity index (χ4v) is 2.60. The highest BCUT2D eigenvalue weighted by atomic mass is 79.9. The van der Waals surface area contributed by atoms with Crippen molar-refractivity contribution in [3.63, 3.8) is 0 Å². The predicted octanol–water partition coefficient (Wildman–Crippen LogP) is 4.88. The summed E-state index contributed by atoms with van der Waals surface area (Å²) in [7, 11) is 0.